The lowest BCUT2D eigenvalue weighted by atomic mass is 9.92. The van der Waals surface area contributed by atoms with E-state index in [-0.39, 0.29) is 17.6 Å². The highest BCUT2D eigenvalue weighted by atomic mass is 19.1. The molecule has 0 aromatic heterocycles. The second-order valence-corrected chi connectivity index (χ2v) is 6.82. The van der Waals surface area contributed by atoms with Gasteiger partial charge in [0.05, 0.1) is 6.04 Å². The van der Waals surface area contributed by atoms with Crippen LogP contribution in [0.5, 0.6) is 5.75 Å². The molecular weight excluding hydrogens is 361 g/mol. The Morgan fingerprint density at radius 1 is 1.29 bits per heavy atom. The first-order valence-electron chi connectivity index (χ1n) is 9.02. The molecule has 1 heterocycles. The molecule has 2 N–H and O–H groups in total. The van der Waals surface area contributed by atoms with Gasteiger partial charge in [0, 0.05) is 5.56 Å². The highest BCUT2D eigenvalue weighted by Crippen LogP contribution is 2.29. The maximum atomic E-state index is 14.6. The molecule has 0 saturated heterocycles. The third-order valence-electron chi connectivity index (χ3n) is 4.80. The Kier molecular flexibility index (Phi) is 5.78. The minimum absolute atomic E-state index is 0.0594. The Morgan fingerprint density at radius 3 is 2.68 bits per heavy atom. The zero-order valence-electron chi connectivity index (χ0n) is 15.8. The first kappa shape index (κ1) is 19.6. The highest BCUT2D eigenvalue weighted by Gasteiger charge is 2.22. The lowest BCUT2D eigenvalue weighted by molar-refractivity contribution is -0.139. The van der Waals surface area contributed by atoms with E-state index in [0.29, 0.717) is 24.1 Å². The number of carbonyl (C=O) groups is 1. The van der Waals surface area contributed by atoms with Crippen molar-refractivity contribution in [3.8, 4) is 5.75 Å². The van der Waals surface area contributed by atoms with E-state index in [4.69, 9.17) is 9.84 Å². The number of aliphatic hydroxyl groups is 1. The number of rotatable bonds is 6. The van der Waals surface area contributed by atoms with Gasteiger partial charge in [-0.25, -0.2) is 9.18 Å². The Bertz CT molecular complexity index is 951. The van der Waals surface area contributed by atoms with Crippen molar-refractivity contribution in [1.82, 2.24) is 0 Å². The number of allylic oxidation sites excluding steroid dienone is 1. The topological polar surface area (TPSA) is 79.1 Å². The third kappa shape index (κ3) is 4.22. The number of halogens is 1. The van der Waals surface area contributed by atoms with Gasteiger partial charge in [-0.2, -0.15) is 0 Å². The summed E-state index contributed by atoms with van der Waals surface area (Å²) in [5, 5.41) is 18.9. The standard InChI is InChI=1S/C22H22FNO4/c1-13-10-19(28-12-20(26)27)21(23)14(2)17(13)11-16-8-9-18(25)22(24-16)15-6-4-3-5-7-15/h3-7,9-10,16,25H,8,11-12H2,1-2H3,(H,26,27). The Morgan fingerprint density at radius 2 is 2.00 bits per heavy atom. The van der Waals surface area contributed by atoms with E-state index in [1.54, 1.807) is 13.0 Å². The average Bonchev–Trinajstić information content (AvgIpc) is 2.68. The summed E-state index contributed by atoms with van der Waals surface area (Å²) in [6.45, 7) is 2.91. The van der Waals surface area contributed by atoms with Crippen LogP contribution < -0.4 is 4.74 Å². The van der Waals surface area contributed by atoms with Crippen molar-refractivity contribution < 1.29 is 24.1 Å². The number of nitrogens with zero attached hydrogens (tertiary/aromatic N) is 1. The minimum Gasteiger partial charge on any atom is -0.506 e. The fraction of sp³-hybridized carbons (Fsp3) is 0.273. The molecule has 1 atom stereocenters. The molecule has 0 saturated carbocycles. The molecule has 28 heavy (non-hydrogen) atoms. The number of hydrogen-bond donors (Lipinski definition) is 2. The molecule has 0 bridgehead atoms. The molecule has 1 aliphatic heterocycles. The highest BCUT2D eigenvalue weighted by molar-refractivity contribution is 6.11. The molecule has 3 rings (SSSR count). The molecule has 2 aromatic rings. The van der Waals surface area contributed by atoms with Gasteiger partial charge in [-0.1, -0.05) is 30.3 Å². The predicted molar refractivity (Wildman–Crippen MR) is 105 cm³/mol. The van der Waals surface area contributed by atoms with Crippen LogP contribution in [-0.4, -0.2) is 34.5 Å². The summed E-state index contributed by atoms with van der Waals surface area (Å²) < 4.78 is 19.7. The molecule has 2 aromatic carbocycles. The second kappa shape index (κ2) is 8.25. The average molecular weight is 383 g/mol. The van der Waals surface area contributed by atoms with Crippen molar-refractivity contribution in [1.29, 1.82) is 0 Å². The van der Waals surface area contributed by atoms with E-state index in [1.807, 2.05) is 37.3 Å². The minimum atomic E-state index is -1.16. The van der Waals surface area contributed by atoms with Crippen LogP contribution in [0.25, 0.3) is 0 Å². The summed E-state index contributed by atoms with van der Waals surface area (Å²) in [6, 6.07) is 10.8. The quantitative estimate of drug-likeness (QED) is 0.785. The van der Waals surface area contributed by atoms with Crippen molar-refractivity contribution >= 4 is 11.7 Å². The van der Waals surface area contributed by atoms with Crippen molar-refractivity contribution in [3.05, 3.63) is 76.3 Å². The largest absolute Gasteiger partial charge is 0.506 e. The lowest BCUT2D eigenvalue weighted by Crippen LogP contribution is -2.20. The van der Waals surface area contributed by atoms with Crippen LogP contribution in [0.2, 0.25) is 0 Å². The van der Waals surface area contributed by atoms with E-state index in [0.717, 1.165) is 16.7 Å². The Labute approximate surface area is 162 Å². The Hall–Kier alpha value is -3.15. The molecule has 0 amide bonds. The van der Waals surface area contributed by atoms with Crippen LogP contribution in [0.15, 0.2) is 53.2 Å². The molecule has 1 unspecified atom stereocenters. The number of dihydropyridines is 1. The number of aliphatic carboxylic acids is 1. The number of benzene rings is 2. The van der Waals surface area contributed by atoms with Crippen LogP contribution in [0.4, 0.5) is 4.39 Å². The molecule has 1 aliphatic rings. The van der Waals surface area contributed by atoms with Gasteiger partial charge >= 0.3 is 5.97 Å². The fourth-order valence-electron chi connectivity index (χ4n) is 3.35. The first-order chi connectivity index (χ1) is 13.4. The first-order valence-corrected chi connectivity index (χ1v) is 9.02. The van der Waals surface area contributed by atoms with Gasteiger partial charge in [-0.3, -0.25) is 4.99 Å². The summed E-state index contributed by atoms with van der Waals surface area (Å²) in [4.78, 5) is 15.4. The van der Waals surface area contributed by atoms with Gasteiger partial charge in [-0.15, -0.1) is 0 Å². The van der Waals surface area contributed by atoms with Gasteiger partial charge < -0.3 is 14.9 Å². The van der Waals surface area contributed by atoms with Gasteiger partial charge in [0.25, 0.3) is 0 Å². The number of hydrogen-bond acceptors (Lipinski definition) is 4. The van der Waals surface area contributed by atoms with Gasteiger partial charge in [-0.05, 0) is 55.5 Å². The smallest absolute Gasteiger partial charge is 0.341 e. The second-order valence-electron chi connectivity index (χ2n) is 6.82. The molecule has 0 radical (unpaired) electrons. The fourth-order valence-corrected chi connectivity index (χ4v) is 3.35. The monoisotopic (exact) mass is 383 g/mol. The van der Waals surface area contributed by atoms with E-state index >= 15 is 0 Å². The number of aryl methyl sites for hydroxylation is 1. The van der Waals surface area contributed by atoms with E-state index in [9.17, 15) is 14.3 Å². The zero-order chi connectivity index (χ0) is 20.3. The molecule has 146 valence electrons. The number of ether oxygens (including phenoxy) is 1. The van der Waals surface area contributed by atoms with E-state index in [1.165, 1.54) is 6.07 Å². The third-order valence-corrected chi connectivity index (χ3v) is 4.80. The molecule has 0 fully saturated rings. The summed E-state index contributed by atoms with van der Waals surface area (Å²) in [5.41, 5.74) is 3.42. The van der Waals surface area contributed by atoms with Crippen LogP contribution >= 0.6 is 0 Å². The van der Waals surface area contributed by atoms with Crippen molar-refractivity contribution in [2.24, 2.45) is 4.99 Å². The van der Waals surface area contributed by atoms with Crippen molar-refractivity contribution in [3.63, 3.8) is 0 Å². The van der Waals surface area contributed by atoms with Gasteiger partial charge in [0.15, 0.2) is 18.2 Å². The molecule has 0 spiro atoms. The van der Waals surface area contributed by atoms with Crippen LogP contribution in [-0.2, 0) is 11.2 Å². The normalized spacial score (nSPS) is 16.3. The molecule has 0 aliphatic carbocycles. The molecular formula is C22H22FNO4. The zero-order valence-corrected chi connectivity index (χ0v) is 15.8. The number of carboxylic acids is 1. The van der Waals surface area contributed by atoms with Gasteiger partial charge in [0.2, 0.25) is 0 Å². The lowest BCUT2D eigenvalue weighted by Gasteiger charge is -2.21. The van der Waals surface area contributed by atoms with Gasteiger partial charge in [0.1, 0.15) is 11.5 Å². The van der Waals surface area contributed by atoms with Crippen molar-refractivity contribution in [2.45, 2.75) is 32.7 Å². The molecule has 6 heteroatoms. The van der Waals surface area contributed by atoms with Crippen LogP contribution in [0.3, 0.4) is 0 Å². The maximum Gasteiger partial charge on any atom is 0.341 e. The maximum absolute atomic E-state index is 14.6. The summed E-state index contributed by atoms with van der Waals surface area (Å²) in [6.07, 6.45) is 2.80. The number of aliphatic hydroxyl groups excluding tert-OH is 1. The summed E-state index contributed by atoms with van der Waals surface area (Å²) in [7, 11) is 0. The number of carboxylic acid groups (broad SMARTS) is 1. The van der Waals surface area contributed by atoms with Crippen LogP contribution in [0.1, 0.15) is 28.7 Å². The Balaban J connectivity index is 1.86. The van der Waals surface area contributed by atoms with E-state index in [2.05, 4.69) is 4.99 Å². The SMILES string of the molecule is Cc1cc(OCC(=O)O)c(F)c(C)c1CC1CC=C(O)C(c2ccccc2)=N1. The van der Waals surface area contributed by atoms with Crippen molar-refractivity contribution in [2.75, 3.05) is 6.61 Å². The predicted octanol–water partition coefficient (Wildman–Crippen LogP) is 4.15. The van der Waals surface area contributed by atoms with Crippen LogP contribution in [0, 0.1) is 19.7 Å². The van der Waals surface area contributed by atoms with E-state index < -0.39 is 18.4 Å². The summed E-state index contributed by atoms with van der Waals surface area (Å²) >= 11 is 0. The number of aliphatic imine (C=N–C) groups is 1. The molecule has 5 nitrogen and oxygen atoms in total. The summed E-state index contributed by atoms with van der Waals surface area (Å²) in [5.74, 6) is -1.62.